The maximum absolute atomic E-state index is 6.29. The predicted octanol–water partition coefficient (Wildman–Crippen LogP) is 4.72. The van der Waals surface area contributed by atoms with Crippen molar-refractivity contribution in [2.45, 2.75) is 51.5 Å². The van der Waals surface area contributed by atoms with Crippen LogP contribution in [0.5, 0.6) is 0 Å². The number of benzene rings is 1. The number of aromatic nitrogens is 1. The lowest BCUT2D eigenvalue weighted by atomic mass is 9.74. The van der Waals surface area contributed by atoms with Gasteiger partial charge in [0.05, 0.1) is 12.2 Å². The molecule has 0 spiro atoms. The summed E-state index contributed by atoms with van der Waals surface area (Å²) in [6, 6.07) is 8.22. The third-order valence-electron chi connectivity index (χ3n) is 5.36. The minimum Gasteiger partial charge on any atom is -0.381 e. The van der Waals surface area contributed by atoms with Gasteiger partial charge in [-0.1, -0.05) is 37.6 Å². The lowest BCUT2D eigenvalue weighted by Gasteiger charge is -2.38. The first-order valence-corrected chi connectivity index (χ1v) is 11.6. The van der Waals surface area contributed by atoms with Crippen molar-refractivity contribution in [1.82, 2.24) is 15.6 Å². The number of guanidine groups is 1. The van der Waals surface area contributed by atoms with Crippen LogP contribution in [0.15, 0.2) is 34.6 Å². The average Bonchev–Trinajstić information content (AvgIpc) is 3.20. The Bertz CT molecular complexity index is 815. The fourth-order valence-electron chi connectivity index (χ4n) is 3.55. The molecule has 0 atom stereocenters. The molecule has 1 aromatic carbocycles. The summed E-state index contributed by atoms with van der Waals surface area (Å²) >= 11 is 7.96. The van der Waals surface area contributed by atoms with Gasteiger partial charge in [0.2, 0.25) is 0 Å². The molecule has 29 heavy (non-hydrogen) atoms. The highest BCUT2D eigenvalue weighted by Gasteiger charge is 2.34. The molecule has 1 aromatic heterocycles. The summed E-state index contributed by atoms with van der Waals surface area (Å²) in [4.78, 5) is 9.46. The predicted molar refractivity (Wildman–Crippen MR) is 122 cm³/mol. The number of aliphatic imine (C=N–C) groups is 1. The Balaban J connectivity index is 1.72. The number of ether oxygens (including phenoxy) is 1. The summed E-state index contributed by atoms with van der Waals surface area (Å²) in [6.07, 6.45) is 1.92. The van der Waals surface area contributed by atoms with E-state index < -0.39 is 0 Å². The molecular formula is C22H31ClN4OS. The molecule has 5 nitrogen and oxygen atoms in total. The number of rotatable bonds is 7. The van der Waals surface area contributed by atoms with Gasteiger partial charge < -0.3 is 15.4 Å². The molecule has 0 aliphatic carbocycles. The zero-order chi connectivity index (χ0) is 20.7. The molecule has 1 aliphatic heterocycles. The molecule has 0 radical (unpaired) electrons. The number of hydrogen-bond acceptors (Lipinski definition) is 4. The molecule has 7 heteroatoms. The first-order chi connectivity index (χ1) is 14.0. The average molecular weight is 435 g/mol. The summed E-state index contributed by atoms with van der Waals surface area (Å²) in [6.45, 7) is 10.1. The Morgan fingerprint density at radius 1 is 1.31 bits per heavy atom. The summed E-state index contributed by atoms with van der Waals surface area (Å²) in [5.74, 6) is 1.27. The molecule has 0 amide bonds. The second-order valence-electron chi connectivity index (χ2n) is 7.77. The van der Waals surface area contributed by atoms with E-state index in [1.165, 1.54) is 5.56 Å². The van der Waals surface area contributed by atoms with Gasteiger partial charge in [0.1, 0.15) is 5.01 Å². The quantitative estimate of drug-likeness (QED) is 0.488. The Morgan fingerprint density at radius 2 is 2.10 bits per heavy atom. The smallest absolute Gasteiger partial charge is 0.191 e. The molecule has 3 rings (SSSR count). The van der Waals surface area contributed by atoms with Crippen molar-refractivity contribution in [3.05, 3.63) is 50.9 Å². The minimum atomic E-state index is -0.00860. The van der Waals surface area contributed by atoms with Gasteiger partial charge in [-0.2, -0.15) is 0 Å². The molecule has 0 bridgehead atoms. The van der Waals surface area contributed by atoms with Gasteiger partial charge in [0, 0.05) is 42.1 Å². The Morgan fingerprint density at radius 3 is 2.76 bits per heavy atom. The number of thiazole rings is 1. The second-order valence-corrected chi connectivity index (χ2v) is 9.15. The minimum absolute atomic E-state index is 0.00860. The van der Waals surface area contributed by atoms with Crippen molar-refractivity contribution in [2.75, 3.05) is 26.3 Å². The SMILES string of the molecule is CCNC(=NCc1nc(C(C)C)cs1)NCC1(c2cccc(Cl)c2)CCOCC1. The molecule has 158 valence electrons. The van der Waals surface area contributed by atoms with Crippen LogP contribution in [-0.2, 0) is 16.7 Å². The number of nitrogens with one attached hydrogen (secondary N) is 2. The monoisotopic (exact) mass is 434 g/mol. The molecule has 0 unspecified atom stereocenters. The standard InChI is InChI=1S/C22H31ClN4OS/c1-4-24-21(25-13-20-27-19(14-29-20)16(2)3)26-15-22(8-10-28-11-9-22)17-6-5-7-18(23)12-17/h5-7,12,14,16H,4,8-11,13,15H2,1-3H3,(H2,24,25,26). The first kappa shape index (κ1) is 22.1. The third kappa shape index (κ3) is 5.93. The van der Waals surface area contributed by atoms with Crippen LogP contribution in [0.1, 0.15) is 55.8 Å². The topological polar surface area (TPSA) is 58.5 Å². The van der Waals surface area contributed by atoms with Crippen molar-refractivity contribution in [3.63, 3.8) is 0 Å². The van der Waals surface area contributed by atoms with Gasteiger partial charge in [-0.25, -0.2) is 9.98 Å². The lowest BCUT2D eigenvalue weighted by Crippen LogP contribution is -2.48. The summed E-state index contributed by atoms with van der Waals surface area (Å²) < 4.78 is 5.64. The van der Waals surface area contributed by atoms with E-state index in [-0.39, 0.29) is 5.41 Å². The molecule has 2 N–H and O–H groups in total. The summed E-state index contributed by atoms with van der Waals surface area (Å²) in [5.41, 5.74) is 2.39. The van der Waals surface area contributed by atoms with Gasteiger partial charge in [-0.3, -0.25) is 0 Å². The van der Waals surface area contributed by atoms with Crippen LogP contribution in [0.2, 0.25) is 5.02 Å². The normalized spacial score (nSPS) is 16.8. The van der Waals surface area contributed by atoms with Crippen molar-refractivity contribution >= 4 is 28.9 Å². The summed E-state index contributed by atoms with van der Waals surface area (Å²) in [7, 11) is 0. The fourth-order valence-corrected chi connectivity index (χ4v) is 4.62. The first-order valence-electron chi connectivity index (χ1n) is 10.3. The molecule has 2 heterocycles. The van der Waals surface area contributed by atoms with E-state index in [0.29, 0.717) is 12.5 Å². The van der Waals surface area contributed by atoms with E-state index in [2.05, 4.69) is 53.9 Å². The molecule has 1 aliphatic rings. The van der Waals surface area contributed by atoms with Gasteiger partial charge in [0.25, 0.3) is 0 Å². The zero-order valence-electron chi connectivity index (χ0n) is 17.5. The Kier molecular flexibility index (Phi) is 7.92. The van der Waals surface area contributed by atoms with E-state index in [9.17, 15) is 0 Å². The summed E-state index contributed by atoms with van der Waals surface area (Å²) in [5, 5.41) is 10.9. The second kappa shape index (κ2) is 10.4. The van der Waals surface area contributed by atoms with Gasteiger partial charge >= 0.3 is 0 Å². The van der Waals surface area contributed by atoms with Crippen LogP contribution in [0, 0.1) is 0 Å². The number of nitrogens with zero attached hydrogens (tertiary/aromatic N) is 2. The molecule has 0 saturated carbocycles. The van der Waals surface area contributed by atoms with E-state index in [1.807, 2.05) is 12.1 Å². The fraction of sp³-hybridized carbons (Fsp3) is 0.545. The Labute approximate surface area is 182 Å². The highest BCUT2D eigenvalue weighted by molar-refractivity contribution is 7.09. The van der Waals surface area contributed by atoms with Crippen LogP contribution < -0.4 is 10.6 Å². The van der Waals surface area contributed by atoms with Crippen LogP contribution >= 0.6 is 22.9 Å². The highest BCUT2D eigenvalue weighted by Crippen LogP contribution is 2.35. The van der Waals surface area contributed by atoms with Gasteiger partial charge in [-0.05, 0) is 43.4 Å². The number of hydrogen-bond donors (Lipinski definition) is 2. The van der Waals surface area contributed by atoms with Crippen molar-refractivity contribution in [1.29, 1.82) is 0 Å². The maximum Gasteiger partial charge on any atom is 0.191 e. The van der Waals surface area contributed by atoms with E-state index >= 15 is 0 Å². The lowest BCUT2D eigenvalue weighted by molar-refractivity contribution is 0.0514. The van der Waals surface area contributed by atoms with Crippen LogP contribution in [-0.4, -0.2) is 37.2 Å². The van der Waals surface area contributed by atoms with Crippen molar-refractivity contribution in [3.8, 4) is 0 Å². The van der Waals surface area contributed by atoms with E-state index in [1.54, 1.807) is 11.3 Å². The highest BCUT2D eigenvalue weighted by atomic mass is 35.5. The molecule has 1 fully saturated rings. The van der Waals surface area contributed by atoms with Gasteiger partial charge in [0.15, 0.2) is 5.96 Å². The van der Waals surface area contributed by atoms with Crippen LogP contribution in [0.3, 0.4) is 0 Å². The molecule has 2 aromatic rings. The maximum atomic E-state index is 6.29. The zero-order valence-corrected chi connectivity index (χ0v) is 19.1. The van der Waals surface area contributed by atoms with Crippen molar-refractivity contribution < 1.29 is 4.74 Å². The number of halogens is 1. The largest absolute Gasteiger partial charge is 0.381 e. The van der Waals surface area contributed by atoms with Crippen LogP contribution in [0.25, 0.3) is 0 Å². The van der Waals surface area contributed by atoms with Gasteiger partial charge in [-0.15, -0.1) is 11.3 Å². The molecule has 1 saturated heterocycles. The molecular weight excluding hydrogens is 404 g/mol. The van der Waals surface area contributed by atoms with Crippen molar-refractivity contribution in [2.24, 2.45) is 4.99 Å². The van der Waals surface area contributed by atoms with Crippen LogP contribution in [0.4, 0.5) is 0 Å². The third-order valence-corrected chi connectivity index (χ3v) is 6.45. The Hall–Kier alpha value is -1.63. The van der Waals surface area contributed by atoms with E-state index in [0.717, 1.165) is 60.8 Å². The van der Waals surface area contributed by atoms with E-state index in [4.69, 9.17) is 21.3 Å².